The third-order valence-electron chi connectivity index (χ3n) is 3.25. The molecule has 0 saturated carbocycles. The van der Waals surface area contributed by atoms with E-state index in [4.69, 9.17) is 5.11 Å². The van der Waals surface area contributed by atoms with Gasteiger partial charge in [-0.1, -0.05) is 42.4 Å². The molecule has 1 N–H and O–H groups in total. The lowest BCUT2D eigenvalue weighted by Gasteiger charge is -2.06. The maximum atomic E-state index is 8.75. The Morgan fingerprint density at radius 1 is 1.15 bits per heavy atom. The van der Waals surface area contributed by atoms with Crippen LogP contribution in [0.15, 0.2) is 29.4 Å². The summed E-state index contributed by atoms with van der Waals surface area (Å²) >= 11 is 1.73. The minimum atomic E-state index is 0.284. The van der Waals surface area contributed by atoms with Crippen molar-refractivity contribution in [3.63, 3.8) is 0 Å². The minimum Gasteiger partial charge on any atom is -0.396 e. The molecule has 1 aromatic carbocycles. The van der Waals surface area contributed by atoms with E-state index < -0.39 is 0 Å². The van der Waals surface area contributed by atoms with Gasteiger partial charge in [-0.05, 0) is 25.3 Å². The van der Waals surface area contributed by atoms with Crippen LogP contribution in [0.3, 0.4) is 0 Å². The van der Waals surface area contributed by atoms with Gasteiger partial charge >= 0.3 is 0 Å². The van der Waals surface area contributed by atoms with Gasteiger partial charge in [0.05, 0.1) is 0 Å². The molecule has 0 aliphatic rings. The van der Waals surface area contributed by atoms with Gasteiger partial charge in [0.25, 0.3) is 0 Å². The van der Waals surface area contributed by atoms with E-state index >= 15 is 0 Å². The SMILES string of the molecule is Cc1ccccc1-c1nnc(SCCCCCO)n1C. The van der Waals surface area contributed by atoms with Crippen LogP contribution in [-0.4, -0.2) is 32.2 Å². The van der Waals surface area contributed by atoms with Crippen molar-refractivity contribution in [3.8, 4) is 11.4 Å². The van der Waals surface area contributed by atoms with Gasteiger partial charge in [0.2, 0.25) is 0 Å². The average Bonchev–Trinajstić information content (AvgIpc) is 2.81. The third-order valence-corrected chi connectivity index (χ3v) is 4.36. The smallest absolute Gasteiger partial charge is 0.191 e. The lowest BCUT2D eigenvalue weighted by molar-refractivity contribution is 0.284. The zero-order valence-electron chi connectivity index (χ0n) is 12.0. The number of aromatic nitrogens is 3. The number of thioether (sulfide) groups is 1. The van der Waals surface area contributed by atoms with Crippen molar-refractivity contribution in [3.05, 3.63) is 29.8 Å². The van der Waals surface area contributed by atoms with Crippen molar-refractivity contribution in [2.24, 2.45) is 7.05 Å². The highest BCUT2D eigenvalue weighted by Gasteiger charge is 2.12. The van der Waals surface area contributed by atoms with Gasteiger partial charge in [-0.3, -0.25) is 0 Å². The van der Waals surface area contributed by atoms with Crippen molar-refractivity contribution in [1.29, 1.82) is 0 Å². The molecule has 0 atom stereocenters. The number of nitrogens with zero attached hydrogens (tertiary/aromatic N) is 3. The molecule has 5 heteroatoms. The first-order valence-corrected chi connectivity index (χ1v) is 7.91. The van der Waals surface area contributed by atoms with E-state index in [1.807, 2.05) is 19.2 Å². The molecule has 108 valence electrons. The third kappa shape index (κ3) is 3.61. The Balaban J connectivity index is 2.02. The zero-order chi connectivity index (χ0) is 14.4. The maximum Gasteiger partial charge on any atom is 0.191 e. The summed E-state index contributed by atoms with van der Waals surface area (Å²) in [5, 5.41) is 18.3. The molecule has 20 heavy (non-hydrogen) atoms. The van der Waals surface area contributed by atoms with E-state index in [1.54, 1.807) is 11.8 Å². The number of benzene rings is 1. The van der Waals surface area contributed by atoms with Crippen LogP contribution < -0.4 is 0 Å². The van der Waals surface area contributed by atoms with Gasteiger partial charge < -0.3 is 9.67 Å². The van der Waals surface area contributed by atoms with Gasteiger partial charge in [-0.25, -0.2) is 0 Å². The summed E-state index contributed by atoms with van der Waals surface area (Å²) < 4.78 is 2.05. The Morgan fingerprint density at radius 3 is 2.70 bits per heavy atom. The van der Waals surface area contributed by atoms with Gasteiger partial charge in [0, 0.05) is 25.0 Å². The summed E-state index contributed by atoms with van der Waals surface area (Å²) in [7, 11) is 2.01. The number of hydrogen-bond donors (Lipinski definition) is 1. The van der Waals surface area contributed by atoms with E-state index in [9.17, 15) is 0 Å². The quantitative estimate of drug-likeness (QED) is 0.629. The molecule has 2 rings (SSSR count). The van der Waals surface area contributed by atoms with Crippen molar-refractivity contribution in [2.75, 3.05) is 12.4 Å². The lowest BCUT2D eigenvalue weighted by atomic mass is 10.1. The Labute approximate surface area is 124 Å². The molecule has 0 saturated heterocycles. The summed E-state index contributed by atoms with van der Waals surface area (Å²) in [5.41, 5.74) is 2.34. The van der Waals surface area contributed by atoms with E-state index in [0.717, 1.165) is 41.6 Å². The summed E-state index contributed by atoms with van der Waals surface area (Å²) in [5.74, 6) is 1.93. The Kier molecular flexibility index (Phi) is 5.61. The fourth-order valence-electron chi connectivity index (χ4n) is 2.05. The molecule has 0 unspecified atom stereocenters. The maximum absolute atomic E-state index is 8.75. The molecule has 0 radical (unpaired) electrons. The molecule has 4 nitrogen and oxygen atoms in total. The predicted octanol–water partition coefficient (Wildman–Crippen LogP) is 3.05. The van der Waals surface area contributed by atoms with E-state index in [1.165, 1.54) is 5.56 Å². The fourth-order valence-corrected chi connectivity index (χ4v) is 2.96. The molecule has 0 amide bonds. The monoisotopic (exact) mass is 291 g/mol. The van der Waals surface area contributed by atoms with E-state index in [0.29, 0.717) is 0 Å². The first-order chi connectivity index (χ1) is 9.74. The number of aliphatic hydroxyl groups is 1. The molecule has 0 aliphatic carbocycles. The Bertz CT molecular complexity index is 554. The second-order valence-corrected chi connectivity index (χ2v) is 5.87. The summed E-state index contributed by atoms with van der Waals surface area (Å²) in [6.45, 7) is 2.37. The number of aliphatic hydroxyl groups excluding tert-OH is 1. The molecule has 2 aromatic rings. The van der Waals surface area contributed by atoms with Gasteiger partial charge in [-0.2, -0.15) is 0 Å². The number of hydrogen-bond acceptors (Lipinski definition) is 4. The highest BCUT2D eigenvalue weighted by atomic mass is 32.2. The highest BCUT2D eigenvalue weighted by Crippen LogP contribution is 2.25. The summed E-state index contributed by atoms with van der Waals surface area (Å²) in [4.78, 5) is 0. The summed E-state index contributed by atoms with van der Waals surface area (Å²) in [6, 6.07) is 8.23. The topological polar surface area (TPSA) is 50.9 Å². The molecule has 0 fully saturated rings. The van der Waals surface area contributed by atoms with Crippen LogP contribution in [0.2, 0.25) is 0 Å². The van der Waals surface area contributed by atoms with Crippen LogP contribution in [0.5, 0.6) is 0 Å². The van der Waals surface area contributed by atoms with E-state index in [2.05, 4.69) is 33.8 Å². The minimum absolute atomic E-state index is 0.284. The second kappa shape index (κ2) is 7.45. The van der Waals surface area contributed by atoms with Crippen LogP contribution in [0.25, 0.3) is 11.4 Å². The molecular weight excluding hydrogens is 270 g/mol. The Hall–Kier alpha value is -1.33. The van der Waals surface area contributed by atoms with Crippen LogP contribution in [0.1, 0.15) is 24.8 Å². The zero-order valence-corrected chi connectivity index (χ0v) is 12.9. The van der Waals surface area contributed by atoms with Crippen LogP contribution >= 0.6 is 11.8 Å². The molecule has 0 spiro atoms. The number of unbranched alkanes of at least 4 members (excludes halogenated alkanes) is 2. The normalized spacial score (nSPS) is 10.9. The van der Waals surface area contributed by atoms with Crippen molar-refractivity contribution >= 4 is 11.8 Å². The van der Waals surface area contributed by atoms with Gasteiger partial charge in [0.15, 0.2) is 11.0 Å². The van der Waals surface area contributed by atoms with Gasteiger partial charge in [0.1, 0.15) is 0 Å². The van der Waals surface area contributed by atoms with Crippen molar-refractivity contribution < 1.29 is 5.11 Å². The number of aryl methyl sites for hydroxylation is 1. The standard InChI is InChI=1S/C15H21N3OS/c1-12-8-4-5-9-13(12)14-16-17-15(18(14)2)20-11-7-3-6-10-19/h4-5,8-9,19H,3,6-7,10-11H2,1-2H3. The Morgan fingerprint density at radius 2 is 1.95 bits per heavy atom. The molecule has 1 heterocycles. The summed E-state index contributed by atoms with van der Waals surface area (Å²) in [6.07, 6.45) is 3.04. The molecule has 1 aromatic heterocycles. The first-order valence-electron chi connectivity index (χ1n) is 6.93. The molecule has 0 bridgehead atoms. The van der Waals surface area contributed by atoms with Crippen molar-refractivity contribution in [2.45, 2.75) is 31.3 Å². The first kappa shape index (κ1) is 15.1. The second-order valence-electron chi connectivity index (χ2n) is 4.81. The van der Waals surface area contributed by atoms with Crippen LogP contribution in [0.4, 0.5) is 0 Å². The van der Waals surface area contributed by atoms with Crippen LogP contribution in [0, 0.1) is 6.92 Å². The number of rotatable bonds is 7. The fraction of sp³-hybridized carbons (Fsp3) is 0.467. The average molecular weight is 291 g/mol. The predicted molar refractivity (Wildman–Crippen MR) is 82.8 cm³/mol. The lowest BCUT2D eigenvalue weighted by Crippen LogP contribution is -1.96. The molecule has 0 aliphatic heterocycles. The molecular formula is C15H21N3OS. The highest BCUT2D eigenvalue weighted by molar-refractivity contribution is 7.99. The van der Waals surface area contributed by atoms with Crippen LogP contribution in [-0.2, 0) is 7.05 Å². The van der Waals surface area contributed by atoms with Crippen molar-refractivity contribution in [1.82, 2.24) is 14.8 Å². The van der Waals surface area contributed by atoms with Gasteiger partial charge in [-0.15, -0.1) is 10.2 Å². The largest absolute Gasteiger partial charge is 0.396 e. The van der Waals surface area contributed by atoms with E-state index in [-0.39, 0.29) is 6.61 Å².